The lowest BCUT2D eigenvalue weighted by molar-refractivity contribution is 0.0937. The van der Waals surface area contributed by atoms with Crippen LogP contribution in [0.25, 0.3) is 0 Å². The van der Waals surface area contributed by atoms with Gasteiger partial charge in [0.05, 0.1) is 11.6 Å². The van der Waals surface area contributed by atoms with E-state index in [2.05, 4.69) is 52.4 Å². The van der Waals surface area contributed by atoms with E-state index in [9.17, 15) is 4.79 Å². The van der Waals surface area contributed by atoms with Gasteiger partial charge in [0.1, 0.15) is 12.2 Å². The molecule has 1 aromatic carbocycles. The first kappa shape index (κ1) is 13.2. The minimum Gasteiger partial charge on any atom is -0.342 e. The van der Waals surface area contributed by atoms with Crippen LogP contribution >= 0.6 is 31.9 Å². The lowest BCUT2D eigenvalue weighted by Gasteiger charge is -2.12. The van der Waals surface area contributed by atoms with Gasteiger partial charge in [-0.05, 0) is 41.1 Å². The van der Waals surface area contributed by atoms with Gasteiger partial charge in [-0.2, -0.15) is 5.10 Å². The second kappa shape index (κ2) is 5.62. The van der Waals surface area contributed by atoms with E-state index in [1.165, 1.54) is 6.33 Å². The molecule has 94 valence electrons. The molecule has 1 heterocycles. The highest BCUT2D eigenvalue weighted by Crippen LogP contribution is 2.22. The number of rotatable bonds is 3. The molecular weight excluding hydrogens is 364 g/mol. The van der Waals surface area contributed by atoms with Crippen molar-refractivity contribution in [3.05, 3.63) is 44.9 Å². The van der Waals surface area contributed by atoms with Gasteiger partial charge < -0.3 is 5.32 Å². The van der Waals surface area contributed by atoms with Crippen LogP contribution in [0.2, 0.25) is 0 Å². The number of nitrogens with zero attached hydrogens (tertiary/aromatic N) is 2. The van der Waals surface area contributed by atoms with Gasteiger partial charge in [0.15, 0.2) is 0 Å². The van der Waals surface area contributed by atoms with Gasteiger partial charge in [0.2, 0.25) is 0 Å². The Kier molecular flexibility index (Phi) is 4.13. The predicted molar refractivity (Wildman–Crippen MR) is 74.1 cm³/mol. The summed E-state index contributed by atoms with van der Waals surface area (Å²) in [4.78, 5) is 16.1. The van der Waals surface area contributed by atoms with Gasteiger partial charge in [0.25, 0.3) is 5.91 Å². The van der Waals surface area contributed by atoms with Gasteiger partial charge in [-0.25, -0.2) is 4.98 Å². The SMILES string of the molecule is CC(NC(=O)c1ccc(Br)cc1Br)c1ncn[nH]1. The molecule has 0 aliphatic carbocycles. The average molecular weight is 374 g/mol. The number of hydrogen-bond acceptors (Lipinski definition) is 3. The van der Waals surface area contributed by atoms with E-state index in [4.69, 9.17) is 0 Å². The smallest absolute Gasteiger partial charge is 0.253 e. The van der Waals surface area contributed by atoms with Crippen molar-refractivity contribution in [2.45, 2.75) is 13.0 Å². The number of aromatic nitrogens is 3. The molecular formula is C11H10Br2N4O. The number of carbonyl (C=O) groups is 1. The van der Waals surface area contributed by atoms with Gasteiger partial charge in [-0.3, -0.25) is 9.89 Å². The Labute approximate surface area is 121 Å². The number of hydrogen-bond donors (Lipinski definition) is 2. The molecule has 1 amide bonds. The van der Waals surface area contributed by atoms with Gasteiger partial charge in [-0.15, -0.1) is 0 Å². The average Bonchev–Trinajstić information content (AvgIpc) is 2.81. The van der Waals surface area contributed by atoms with E-state index in [1.54, 1.807) is 6.07 Å². The summed E-state index contributed by atoms with van der Waals surface area (Å²) < 4.78 is 1.65. The van der Waals surface area contributed by atoms with E-state index in [0.717, 1.165) is 8.95 Å². The number of halogens is 2. The normalized spacial score (nSPS) is 12.2. The molecule has 0 saturated carbocycles. The van der Waals surface area contributed by atoms with Gasteiger partial charge in [-0.1, -0.05) is 15.9 Å². The van der Waals surface area contributed by atoms with Crippen LogP contribution < -0.4 is 5.32 Å². The van der Waals surface area contributed by atoms with Crippen LogP contribution in [0.4, 0.5) is 0 Å². The lowest BCUT2D eigenvalue weighted by Crippen LogP contribution is -2.27. The lowest BCUT2D eigenvalue weighted by atomic mass is 10.2. The summed E-state index contributed by atoms with van der Waals surface area (Å²) in [6.07, 6.45) is 1.41. The number of nitrogens with one attached hydrogen (secondary N) is 2. The van der Waals surface area contributed by atoms with E-state index in [1.807, 2.05) is 19.1 Å². The Morgan fingerprint density at radius 1 is 1.44 bits per heavy atom. The number of aromatic amines is 1. The maximum absolute atomic E-state index is 12.1. The Morgan fingerprint density at radius 3 is 2.83 bits per heavy atom. The second-order valence-electron chi connectivity index (χ2n) is 3.69. The molecule has 0 spiro atoms. The number of benzene rings is 1. The molecule has 1 unspecified atom stereocenters. The summed E-state index contributed by atoms with van der Waals surface area (Å²) in [6.45, 7) is 1.84. The first-order valence-corrected chi connectivity index (χ1v) is 6.77. The molecule has 0 saturated heterocycles. The second-order valence-corrected chi connectivity index (χ2v) is 5.46. The van der Waals surface area contributed by atoms with Crippen LogP contribution in [-0.4, -0.2) is 21.1 Å². The monoisotopic (exact) mass is 372 g/mol. The third-order valence-corrected chi connectivity index (χ3v) is 3.52. The van der Waals surface area contributed by atoms with Gasteiger partial charge >= 0.3 is 0 Å². The Morgan fingerprint density at radius 2 is 2.22 bits per heavy atom. The summed E-state index contributed by atoms with van der Waals surface area (Å²) in [5.74, 6) is 0.454. The summed E-state index contributed by atoms with van der Waals surface area (Å²) in [5, 5.41) is 9.31. The topological polar surface area (TPSA) is 70.7 Å². The molecule has 1 atom stereocenters. The summed E-state index contributed by atoms with van der Waals surface area (Å²) in [6, 6.07) is 5.17. The fourth-order valence-electron chi connectivity index (χ4n) is 1.44. The summed E-state index contributed by atoms with van der Waals surface area (Å²) in [5.41, 5.74) is 0.574. The highest BCUT2D eigenvalue weighted by atomic mass is 79.9. The molecule has 1 aromatic heterocycles. The van der Waals surface area contributed by atoms with Crippen molar-refractivity contribution in [2.75, 3.05) is 0 Å². The van der Waals surface area contributed by atoms with Crippen LogP contribution in [0.15, 0.2) is 33.5 Å². The standard InChI is InChI=1S/C11H10Br2N4O/c1-6(10-14-5-15-17-10)16-11(18)8-3-2-7(12)4-9(8)13/h2-6H,1H3,(H,16,18)(H,14,15,17). The first-order chi connectivity index (χ1) is 8.58. The number of carbonyl (C=O) groups excluding carboxylic acids is 1. The van der Waals surface area contributed by atoms with Crippen molar-refractivity contribution in [1.82, 2.24) is 20.5 Å². The zero-order valence-corrected chi connectivity index (χ0v) is 12.6. The molecule has 0 aliphatic rings. The van der Waals surface area contributed by atoms with Crippen molar-refractivity contribution in [2.24, 2.45) is 0 Å². The minimum atomic E-state index is -0.226. The fourth-order valence-corrected chi connectivity index (χ4v) is 2.67. The van der Waals surface area contributed by atoms with Crippen LogP contribution in [0.5, 0.6) is 0 Å². The van der Waals surface area contributed by atoms with Crippen molar-refractivity contribution in [3.63, 3.8) is 0 Å². The fraction of sp³-hybridized carbons (Fsp3) is 0.182. The Balaban J connectivity index is 2.12. The Bertz CT molecular complexity index is 556. The summed E-state index contributed by atoms with van der Waals surface area (Å²) in [7, 11) is 0. The van der Waals surface area contributed by atoms with Crippen LogP contribution in [0, 0.1) is 0 Å². The molecule has 18 heavy (non-hydrogen) atoms. The maximum Gasteiger partial charge on any atom is 0.253 e. The van der Waals surface area contributed by atoms with Crippen molar-refractivity contribution < 1.29 is 4.79 Å². The third kappa shape index (κ3) is 2.97. The van der Waals surface area contributed by atoms with Gasteiger partial charge in [0, 0.05) is 8.95 Å². The number of amides is 1. The van der Waals surface area contributed by atoms with Crippen LogP contribution in [0.3, 0.4) is 0 Å². The highest BCUT2D eigenvalue weighted by Gasteiger charge is 2.15. The van der Waals surface area contributed by atoms with E-state index >= 15 is 0 Å². The van der Waals surface area contributed by atoms with Crippen LogP contribution in [-0.2, 0) is 0 Å². The molecule has 0 bridgehead atoms. The molecule has 5 nitrogen and oxygen atoms in total. The highest BCUT2D eigenvalue weighted by molar-refractivity contribution is 9.11. The molecule has 0 fully saturated rings. The summed E-state index contributed by atoms with van der Waals surface area (Å²) >= 11 is 6.70. The molecule has 2 rings (SSSR count). The predicted octanol–water partition coefficient (Wildman–Crippen LogP) is 2.82. The van der Waals surface area contributed by atoms with Crippen molar-refractivity contribution in [3.8, 4) is 0 Å². The van der Waals surface area contributed by atoms with E-state index in [-0.39, 0.29) is 11.9 Å². The molecule has 0 aliphatic heterocycles. The molecule has 7 heteroatoms. The zero-order valence-electron chi connectivity index (χ0n) is 9.45. The van der Waals surface area contributed by atoms with E-state index in [0.29, 0.717) is 11.4 Å². The van der Waals surface area contributed by atoms with Crippen molar-refractivity contribution in [1.29, 1.82) is 0 Å². The van der Waals surface area contributed by atoms with Crippen molar-refractivity contribution >= 4 is 37.8 Å². The zero-order chi connectivity index (χ0) is 13.1. The minimum absolute atomic E-state index is 0.168. The number of H-pyrrole nitrogens is 1. The first-order valence-electron chi connectivity index (χ1n) is 5.19. The maximum atomic E-state index is 12.1. The van der Waals surface area contributed by atoms with Crippen LogP contribution in [0.1, 0.15) is 29.1 Å². The largest absolute Gasteiger partial charge is 0.342 e. The molecule has 2 N–H and O–H groups in total. The molecule has 0 radical (unpaired) electrons. The quantitative estimate of drug-likeness (QED) is 0.868. The van der Waals surface area contributed by atoms with E-state index < -0.39 is 0 Å². The third-order valence-electron chi connectivity index (χ3n) is 2.37. The molecule has 2 aromatic rings. The Hall–Kier alpha value is -1.21.